The number of carboxylic acid groups (broad SMARTS) is 1. The molecule has 0 fully saturated rings. The van der Waals surface area contributed by atoms with E-state index in [2.05, 4.69) is 10.1 Å². The lowest BCUT2D eigenvalue weighted by molar-refractivity contribution is 0.0697. The molecule has 0 aliphatic carbocycles. The molecule has 1 N–H and O–H groups in total. The molecule has 0 unspecified atom stereocenters. The Hall–Kier alpha value is -2.18. The van der Waals surface area contributed by atoms with Crippen LogP contribution in [0.1, 0.15) is 10.4 Å². The molecule has 0 spiro atoms. The standard InChI is InChI=1S/C13H7ClN2O3S/c14-9-4-5-20-10(9)12-15-11(16-19-12)7-2-1-3-8(6-7)13(17)18/h1-6H,(H,17,18). The van der Waals surface area contributed by atoms with E-state index in [0.717, 1.165) is 0 Å². The number of nitrogens with zero attached hydrogens (tertiary/aromatic N) is 2. The number of benzene rings is 1. The summed E-state index contributed by atoms with van der Waals surface area (Å²) in [5, 5.41) is 15.2. The van der Waals surface area contributed by atoms with E-state index in [0.29, 0.717) is 27.2 Å². The van der Waals surface area contributed by atoms with Crippen molar-refractivity contribution in [2.45, 2.75) is 0 Å². The molecule has 0 saturated heterocycles. The Bertz CT molecular complexity index is 781. The molecule has 2 heterocycles. The minimum Gasteiger partial charge on any atom is -0.478 e. The summed E-state index contributed by atoms with van der Waals surface area (Å²) in [7, 11) is 0. The largest absolute Gasteiger partial charge is 0.478 e. The first-order chi connectivity index (χ1) is 9.65. The van der Waals surface area contributed by atoms with Gasteiger partial charge in [-0.15, -0.1) is 11.3 Å². The van der Waals surface area contributed by atoms with Crippen LogP contribution >= 0.6 is 22.9 Å². The van der Waals surface area contributed by atoms with Gasteiger partial charge >= 0.3 is 5.97 Å². The fraction of sp³-hybridized carbons (Fsp3) is 0. The van der Waals surface area contributed by atoms with Crippen LogP contribution in [0.5, 0.6) is 0 Å². The number of rotatable bonds is 3. The zero-order valence-electron chi connectivity index (χ0n) is 9.91. The highest BCUT2D eigenvalue weighted by Crippen LogP contribution is 2.33. The Balaban J connectivity index is 2.00. The van der Waals surface area contributed by atoms with Crippen LogP contribution in [0.2, 0.25) is 5.02 Å². The van der Waals surface area contributed by atoms with E-state index in [1.165, 1.54) is 23.5 Å². The van der Waals surface area contributed by atoms with E-state index in [4.69, 9.17) is 21.2 Å². The molecule has 0 atom stereocenters. The Kier molecular flexibility index (Phi) is 3.25. The third kappa shape index (κ3) is 2.31. The molecule has 2 aromatic heterocycles. The highest BCUT2D eigenvalue weighted by Gasteiger charge is 2.15. The fourth-order valence-corrected chi connectivity index (χ4v) is 2.73. The van der Waals surface area contributed by atoms with Gasteiger partial charge in [-0.25, -0.2) is 4.79 Å². The van der Waals surface area contributed by atoms with E-state index in [1.54, 1.807) is 18.2 Å². The summed E-state index contributed by atoms with van der Waals surface area (Å²) in [5.41, 5.74) is 0.746. The van der Waals surface area contributed by atoms with Gasteiger partial charge in [-0.3, -0.25) is 0 Å². The Morgan fingerprint density at radius 2 is 2.20 bits per heavy atom. The van der Waals surface area contributed by atoms with Gasteiger partial charge in [0.25, 0.3) is 5.89 Å². The zero-order valence-corrected chi connectivity index (χ0v) is 11.5. The van der Waals surface area contributed by atoms with Gasteiger partial charge in [0.15, 0.2) is 0 Å². The normalized spacial score (nSPS) is 10.7. The molecule has 1 aromatic carbocycles. The Morgan fingerprint density at radius 1 is 1.35 bits per heavy atom. The lowest BCUT2D eigenvalue weighted by atomic mass is 10.1. The predicted octanol–water partition coefficient (Wildman–Crippen LogP) is 3.82. The SMILES string of the molecule is O=C(O)c1cccc(-c2noc(-c3sccc3Cl)n2)c1. The third-order valence-corrected chi connectivity index (χ3v) is 3.93. The smallest absolute Gasteiger partial charge is 0.335 e. The Labute approximate surface area is 122 Å². The number of aromatic carboxylic acids is 1. The molecule has 3 rings (SSSR count). The van der Waals surface area contributed by atoms with E-state index < -0.39 is 5.97 Å². The predicted molar refractivity (Wildman–Crippen MR) is 75.0 cm³/mol. The van der Waals surface area contributed by atoms with Crippen LogP contribution < -0.4 is 0 Å². The summed E-state index contributed by atoms with van der Waals surface area (Å²) < 4.78 is 5.16. The number of thiophene rings is 1. The van der Waals surface area contributed by atoms with Gasteiger partial charge in [0.2, 0.25) is 5.82 Å². The second-order valence-electron chi connectivity index (χ2n) is 3.91. The number of hydrogen-bond donors (Lipinski definition) is 1. The average molecular weight is 307 g/mol. The molecule has 20 heavy (non-hydrogen) atoms. The van der Waals surface area contributed by atoms with Crippen molar-refractivity contribution in [3.8, 4) is 22.2 Å². The Morgan fingerprint density at radius 3 is 2.90 bits per heavy atom. The van der Waals surface area contributed by atoms with Gasteiger partial charge in [0.1, 0.15) is 4.88 Å². The zero-order chi connectivity index (χ0) is 14.1. The van der Waals surface area contributed by atoms with Gasteiger partial charge in [0.05, 0.1) is 10.6 Å². The van der Waals surface area contributed by atoms with Gasteiger partial charge in [0, 0.05) is 5.56 Å². The van der Waals surface area contributed by atoms with Crippen LogP contribution in [0.3, 0.4) is 0 Å². The molecule has 5 nitrogen and oxygen atoms in total. The summed E-state index contributed by atoms with van der Waals surface area (Å²) in [4.78, 5) is 15.9. The molecule has 0 radical (unpaired) electrons. The maximum absolute atomic E-state index is 10.9. The number of hydrogen-bond acceptors (Lipinski definition) is 5. The van der Waals surface area contributed by atoms with Crippen molar-refractivity contribution < 1.29 is 14.4 Å². The van der Waals surface area contributed by atoms with Gasteiger partial charge in [-0.05, 0) is 23.6 Å². The maximum atomic E-state index is 10.9. The molecular formula is C13H7ClN2O3S. The molecule has 0 bridgehead atoms. The number of aromatic nitrogens is 2. The van der Waals surface area contributed by atoms with Gasteiger partial charge in [-0.1, -0.05) is 28.9 Å². The first-order valence-electron chi connectivity index (χ1n) is 5.56. The van der Waals surface area contributed by atoms with Crippen molar-refractivity contribution in [2.75, 3.05) is 0 Å². The van der Waals surface area contributed by atoms with Crippen LogP contribution in [0.15, 0.2) is 40.2 Å². The van der Waals surface area contributed by atoms with Gasteiger partial charge in [-0.2, -0.15) is 4.98 Å². The summed E-state index contributed by atoms with van der Waals surface area (Å²) in [5.74, 6) is -0.356. The minimum atomic E-state index is -1.00. The molecular weight excluding hydrogens is 300 g/mol. The molecule has 100 valence electrons. The number of carbonyl (C=O) groups is 1. The van der Waals surface area contributed by atoms with Crippen LogP contribution in [-0.4, -0.2) is 21.2 Å². The van der Waals surface area contributed by atoms with Crippen LogP contribution in [0, 0.1) is 0 Å². The van der Waals surface area contributed by atoms with Crippen LogP contribution in [0.25, 0.3) is 22.2 Å². The van der Waals surface area contributed by atoms with Crippen molar-refractivity contribution in [1.29, 1.82) is 0 Å². The summed E-state index contributed by atoms with van der Waals surface area (Å²) in [6, 6.07) is 8.09. The van der Waals surface area contributed by atoms with Crippen molar-refractivity contribution in [1.82, 2.24) is 10.1 Å². The summed E-state index contributed by atoms with van der Waals surface area (Å²) in [6.07, 6.45) is 0. The highest BCUT2D eigenvalue weighted by molar-refractivity contribution is 7.14. The minimum absolute atomic E-state index is 0.169. The van der Waals surface area contributed by atoms with Crippen molar-refractivity contribution >= 4 is 28.9 Å². The highest BCUT2D eigenvalue weighted by atomic mass is 35.5. The maximum Gasteiger partial charge on any atom is 0.335 e. The first kappa shape index (κ1) is 12.8. The lowest BCUT2D eigenvalue weighted by Crippen LogP contribution is -1.96. The van der Waals surface area contributed by atoms with Gasteiger partial charge < -0.3 is 9.63 Å². The second-order valence-corrected chi connectivity index (χ2v) is 5.23. The summed E-state index contributed by atoms with van der Waals surface area (Å²) >= 11 is 7.40. The second kappa shape index (κ2) is 5.07. The molecule has 3 aromatic rings. The first-order valence-corrected chi connectivity index (χ1v) is 6.82. The van der Waals surface area contributed by atoms with E-state index >= 15 is 0 Å². The van der Waals surface area contributed by atoms with E-state index in [-0.39, 0.29) is 5.56 Å². The fourth-order valence-electron chi connectivity index (χ4n) is 1.67. The van der Waals surface area contributed by atoms with Crippen molar-refractivity contribution in [2.24, 2.45) is 0 Å². The molecule has 7 heteroatoms. The third-order valence-electron chi connectivity index (χ3n) is 2.61. The van der Waals surface area contributed by atoms with Crippen molar-refractivity contribution in [3.05, 3.63) is 46.3 Å². The van der Waals surface area contributed by atoms with E-state index in [9.17, 15) is 4.79 Å². The number of carboxylic acids is 1. The van der Waals surface area contributed by atoms with E-state index in [1.807, 2.05) is 5.38 Å². The number of halogens is 1. The monoisotopic (exact) mass is 306 g/mol. The topological polar surface area (TPSA) is 76.2 Å². The summed E-state index contributed by atoms with van der Waals surface area (Å²) in [6.45, 7) is 0. The van der Waals surface area contributed by atoms with Crippen LogP contribution in [0.4, 0.5) is 0 Å². The van der Waals surface area contributed by atoms with Crippen molar-refractivity contribution in [3.63, 3.8) is 0 Å². The quantitative estimate of drug-likeness (QED) is 0.796. The molecule has 0 saturated carbocycles. The average Bonchev–Trinajstić information content (AvgIpc) is 3.07. The molecule has 0 amide bonds. The molecule has 0 aliphatic heterocycles. The van der Waals surface area contributed by atoms with Crippen LogP contribution in [-0.2, 0) is 0 Å². The molecule has 0 aliphatic rings. The lowest BCUT2D eigenvalue weighted by Gasteiger charge is -1.96.